The standard InChI is InChI=1S/C26H34OS/c1-9-11-12-26(28)20(6)16-25-21(7)17(3)13-14-24(25)19(5)15-18(4)23(10-2)22(8)27/h9-15,20,27-28H,4,8,16H2,1-3,5-7H3/b11-9-,19-15+,23-10+,26-12-. The van der Waals surface area contributed by atoms with Gasteiger partial charge < -0.3 is 5.11 Å². The van der Waals surface area contributed by atoms with E-state index in [0.717, 1.165) is 22.5 Å². The van der Waals surface area contributed by atoms with Crippen LogP contribution in [0.4, 0.5) is 0 Å². The number of rotatable bonds is 8. The van der Waals surface area contributed by atoms with Crippen LogP contribution in [-0.4, -0.2) is 5.11 Å². The van der Waals surface area contributed by atoms with Crippen molar-refractivity contribution in [3.05, 3.63) is 99.7 Å². The lowest BCUT2D eigenvalue weighted by molar-refractivity contribution is 0.428. The van der Waals surface area contributed by atoms with Gasteiger partial charge in [-0.25, -0.2) is 0 Å². The number of aryl methyl sites for hydroxylation is 1. The number of benzene rings is 1. The maximum Gasteiger partial charge on any atom is 0.115 e. The molecule has 1 aromatic carbocycles. The largest absolute Gasteiger partial charge is 0.508 e. The molecule has 1 rings (SSSR count). The van der Waals surface area contributed by atoms with E-state index in [2.05, 4.69) is 71.7 Å². The van der Waals surface area contributed by atoms with Crippen LogP contribution >= 0.6 is 12.6 Å². The van der Waals surface area contributed by atoms with Crippen LogP contribution in [0, 0.1) is 19.8 Å². The third-order valence-corrected chi connectivity index (χ3v) is 5.69. The quantitative estimate of drug-likeness (QED) is 0.261. The van der Waals surface area contributed by atoms with Crippen molar-refractivity contribution in [3.63, 3.8) is 0 Å². The average Bonchev–Trinajstić information content (AvgIpc) is 2.63. The minimum absolute atomic E-state index is 0.0410. The van der Waals surface area contributed by atoms with Gasteiger partial charge in [-0.1, -0.05) is 62.6 Å². The van der Waals surface area contributed by atoms with E-state index in [1.54, 1.807) is 0 Å². The van der Waals surface area contributed by atoms with Crippen molar-refractivity contribution in [3.8, 4) is 0 Å². The van der Waals surface area contributed by atoms with Crippen LogP contribution in [0.5, 0.6) is 0 Å². The Morgan fingerprint density at radius 1 is 1.21 bits per heavy atom. The van der Waals surface area contributed by atoms with Crippen molar-refractivity contribution in [1.82, 2.24) is 0 Å². The van der Waals surface area contributed by atoms with Crippen LogP contribution in [-0.2, 0) is 6.42 Å². The molecule has 0 aliphatic rings. The molecule has 0 aliphatic carbocycles. The van der Waals surface area contributed by atoms with Gasteiger partial charge in [0.1, 0.15) is 5.76 Å². The fourth-order valence-electron chi connectivity index (χ4n) is 3.23. The molecule has 1 unspecified atom stereocenters. The molecule has 0 heterocycles. The number of aliphatic hydroxyl groups is 1. The number of aliphatic hydroxyl groups excluding tert-OH is 1. The van der Waals surface area contributed by atoms with Crippen LogP contribution < -0.4 is 0 Å². The lowest BCUT2D eigenvalue weighted by Gasteiger charge is -2.20. The number of hydrogen-bond acceptors (Lipinski definition) is 2. The lowest BCUT2D eigenvalue weighted by Crippen LogP contribution is -2.06. The van der Waals surface area contributed by atoms with Crippen LogP contribution in [0.2, 0.25) is 0 Å². The molecule has 0 saturated carbocycles. The van der Waals surface area contributed by atoms with Gasteiger partial charge in [0, 0.05) is 5.57 Å². The van der Waals surface area contributed by atoms with Gasteiger partial charge in [-0.3, -0.25) is 0 Å². The van der Waals surface area contributed by atoms with Gasteiger partial charge in [0.05, 0.1) is 0 Å². The Morgan fingerprint density at radius 3 is 2.39 bits per heavy atom. The molecule has 1 atom stereocenters. The molecular formula is C26H34OS. The first-order chi connectivity index (χ1) is 13.1. The van der Waals surface area contributed by atoms with E-state index in [1.807, 2.05) is 38.2 Å². The molecule has 1 aromatic rings. The van der Waals surface area contributed by atoms with Crippen molar-refractivity contribution in [2.45, 2.75) is 48.0 Å². The first-order valence-corrected chi connectivity index (χ1v) is 10.1. The Hall–Kier alpha value is -2.19. The van der Waals surface area contributed by atoms with E-state index in [-0.39, 0.29) is 5.76 Å². The summed E-state index contributed by atoms with van der Waals surface area (Å²) < 4.78 is 0. The fraction of sp³-hybridized carbons (Fsp3) is 0.308. The maximum atomic E-state index is 9.78. The maximum absolute atomic E-state index is 9.78. The Labute approximate surface area is 177 Å². The smallest absolute Gasteiger partial charge is 0.115 e. The Kier molecular flexibility index (Phi) is 9.34. The third-order valence-electron chi connectivity index (χ3n) is 5.11. The second-order valence-corrected chi connectivity index (χ2v) is 7.77. The van der Waals surface area contributed by atoms with Gasteiger partial charge in [0.15, 0.2) is 0 Å². The second kappa shape index (κ2) is 11.0. The zero-order valence-electron chi connectivity index (χ0n) is 18.1. The lowest BCUT2D eigenvalue weighted by atomic mass is 9.87. The Bertz CT molecular complexity index is 863. The van der Waals surface area contributed by atoms with Gasteiger partial charge in [-0.2, -0.15) is 0 Å². The molecule has 28 heavy (non-hydrogen) atoms. The highest BCUT2D eigenvalue weighted by Gasteiger charge is 2.15. The van der Waals surface area contributed by atoms with Gasteiger partial charge in [0.2, 0.25) is 0 Å². The van der Waals surface area contributed by atoms with Gasteiger partial charge >= 0.3 is 0 Å². The molecule has 1 N–H and O–H groups in total. The van der Waals surface area contributed by atoms with E-state index < -0.39 is 0 Å². The molecule has 0 amide bonds. The zero-order chi connectivity index (χ0) is 21.4. The molecule has 2 heteroatoms. The molecule has 0 saturated heterocycles. The predicted octanol–water partition coefficient (Wildman–Crippen LogP) is 7.85. The number of thiol groups is 1. The second-order valence-electron chi connectivity index (χ2n) is 7.26. The van der Waals surface area contributed by atoms with Crippen LogP contribution in [0.15, 0.2) is 77.5 Å². The highest BCUT2D eigenvalue weighted by atomic mass is 32.1. The Morgan fingerprint density at radius 2 is 1.86 bits per heavy atom. The summed E-state index contributed by atoms with van der Waals surface area (Å²) in [6.45, 7) is 20.3. The molecule has 0 fully saturated rings. The fourth-order valence-corrected chi connectivity index (χ4v) is 3.41. The third kappa shape index (κ3) is 6.17. The number of hydrogen-bond donors (Lipinski definition) is 2. The first-order valence-electron chi connectivity index (χ1n) is 9.67. The van der Waals surface area contributed by atoms with E-state index >= 15 is 0 Å². The summed E-state index contributed by atoms with van der Waals surface area (Å²) in [6.07, 6.45) is 10.9. The first kappa shape index (κ1) is 23.8. The van der Waals surface area contributed by atoms with Gasteiger partial charge in [-0.15, -0.1) is 12.6 Å². The highest BCUT2D eigenvalue weighted by molar-refractivity contribution is 7.84. The van der Waals surface area contributed by atoms with E-state index in [0.29, 0.717) is 11.5 Å². The van der Waals surface area contributed by atoms with Crippen molar-refractivity contribution in [2.75, 3.05) is 0 Å². The summed E-state index contributed by atoms with van der Waals surface area (Å²) in [5.41, 5.74) is 7.69. The minimum Gasteiger partial charge on any atom is -0.508 e. The van der Waals surface area contributed by atoms with Crippen molar-refractivity contribution >= 4 is 18.2 Å². The summed E-state index contributed by atoms with van der Waals surface area (Å²) in [6, 6.07) is 4.35. The number of allylic oxidation sites excluding steroid dienone is 8. The summed E-state index contributed by atoms with van der Waals surface area (Å²) in [5, 5.41) is 9.78. The molecule has 0 aliphatic heterocycles. The molecule has 0 spiro atoms. The Balaban J connectivity index is 3.38. The molecule has 150 valence electrons. The van der Waals surface area contributed by atoms with Crippen LogP contribution in [0.1, 0.15) is 49.9 Å². The summed E-state index contributed by atoms with van der Waals surface area (Å²) in [7, 11) is 0. The molecular weight excluding hydrogens is 360 g/mol. The zero-order valence-corrected chi connectivity index (χ0v) is 19.0. The van der Waals surface area contributed by atoms with Crippen molar-refractivity contribution in [2.24, 2.45) is 5.92 Å². The summed E-state index contributed by atoms with van der Waals surface area (Å²) in [4.78, 5) is 1.07. The molecule has 1 nitrogen and oxygen atoms in total. The minimum atomic E-state index is 0.0410. The van der Waals surface area contributed by atoms with Crippen molar-refractivity contribution < 1.29 is 5.11 Å². The summed E-state index contributed by atoms with van der Waals surface area (Å²) >= 11 is 4.69. The SMILES string of the molecule is C=C(O)/C(=C/C)C(=C)/C=C(\C)c1ccc(C)c(C)c1CC(C)/C(S)=C/C=C\C. The monoisotopic (exact) mass is 394 g/mol. The highest BCUT2D eigenvalue weighted by Crippen LogP contribution is 2.31. The predicted molar refractivity (Wildman–Crippen MR) is 129 cm³/mol. The normalized spacial score (nSPS) is 14.5. The molecule has 0 radical (unpaired) electrons. The van der Waals surface area contributed by atoms with Gasteiger partial charge in [0.25, 0.3) is 0 Å². The molecule has 0 aromatic heterocycles. The van der Waals surface area contributed by atoms with E-state index in [1.165, 1.54) is 22.3 Å². The molecule has 0 bridgehead atoms. The van der Waals surface area contributed by atoms with Crippen LogP contribution in [0.25, 0.3) is 5.57 Å². The van der Waals surface area contributed by atoms with Crippen molar-refractivity contribution in [1.29, 1.82) is 0 Å². The summed E-state index contributed by atoms with van der Waals surface area (Å²) in [5.74, 6) is 0.359. The average molecular weight is 395 g/mol. The van der Waals surface area contributed by atoms with Crippen LogP contribution in [0.3, 0.4) is 0 Å². The van der Waals surface area contributed by atoms with Gasteiger partial charge in [-0.05, 0) is 85.3 Å². The van der Waals surface area contributed by atoms with E-state index in [9.17, 15) is 5.11 Å². The van der Waals surface area contributed by atoms with E-state index in [4.69, 9.17) is 0 Å². The topological polar surface area (TPSA) is 20.2 Å².